The highest BCUT2D eigenvalue weighted by molar-refractivity contribution is 5.43. The predicted molar refractivity (Wildman–Crippen MR) is 49.7 cm³/mol. The molecule has 0 bridgehead atoms. The third-order valence-corrected chi connectivity index (χ3v) is 1.99. The number of hydrogen-bond acceptors (Lipinski definition) is 3. The Labute approximate surface area is 80.5 Å². The number of nitrogens with one attached hydrogen (secondary N) is 1. The van der Waals surface area contributed by atoms with Crippen LogP contribution >= 0.6 is 0 Å². The number of nitrogens with two attached hydrogens (primary N) is 1. The summed E-state index contributed by atoms with van der Waals surface area (Å²) in [5.41, 5.74) is 5.53. The molecular formula is C9H12F2N2O. The first-order valence-electron chi connectivity index (χ1n) is 4.12. The van der Waals surface area contributed by atoms with Gasteiger partial charge in [0.05, 0.1) is 12.6 Å². The molecule has 0 heterocycles. The number of halogens is 2. The maximum atomic E-state index is 13.2. The summed E-state index contributed by atoms with van der Waals surface area (Å²) in [7, 11) is 1.54. The van der Waals surface area contributed by atoms with Gasteiger partial charge in [0, 0.05) is 11.3 Å². The second-order valence-corrected chi connectivity index (χ2v) is 2.93. The standard InChI is InChI=1S/C9H12F2N2O/c1-13-8(4-14)6-2-5(12)3-7(10)9(6)11/h2-3,8,13-14H,4,12H2,1H3/t8-/m1/s1. The Kier molecular flexibility index (Phi) is 3.38. The van der Waals surface area contributed by atoms with Crippen LogP contribution in [0, 0.1) is 11.6 Å². The van der Waals surface area contributed by atoms with Gasteiger partial charge in [-0.2, -0.15) is 0 Å². The molecule has 14 heavy (non-hydrogen) atoms. The number of hydrogen-bond donors (Lipinski definition) is 3. The van der Waals surface area contributed by atoms with Crippen LogP contribution in [0.25, 0.3) is 0 Å². The molecule has 0 amide bonds. The quantitative estimate of drug-likeness (QED) is 0.635. The lowest BCUT2D eigenvalue weighted by molar-refractivity contribution is 0.247. The lowest BCUT2D eigenvalue weighted by atomic mass is 10.1. The van der Waals surface area contributed by atoms with Crippen LogP contribution in [0.3, 0.4) is 0 Å². The third-order valence-electron chi connectivity index (χ3n) is 1.99. The van der Waals surface area contributed by atoms with E-state index >= 15 is 0 Å². The number of nitrogen functional groups attached to an aromatic ring is 1. The topological polar surface area (TPSA) is 58.3 Å². The summed E-state index contributed by atoms with van der Waals surface area (Å²) in [5, 5.41) is 11.5. The van der Waals surface area contributed by atoms with Crippen LogP contribution in [0.4, 0.5) is 14.5 Å². The normalized spacial score (nSPS) is 12.9. The first-order valence-corrected chi connectivity index (χ1v) is 4.12. The minimum absolute atomic E-state index is 0.0347. The second kappa shape index (κ2) is 4.34. The molecule has 0 unspecified atom stereocenters. The van der Waals surface area contributed by atoms with Crippen molar-refractivity contribution in [3.05, 3.63) is 29.3 Å². The molecule has 0 aromatic heterocycles. The SMILES string of the molecule is CN[C@H](CO)c1cc(N)cc(F)c1F. The Morgan fingerprint density at radius 3 is 2.64 bits per heavy atom. The predicted octanol–water partition coefficient (Wildman–Crippen LogP) is 0.800. The van der Waals surface area contributed by atoms with Crippen molar-refractivity contribution >= 4 is 5.69 Å². The molecule has 4 N–H and O–H groups in total. The summed E-state index contributed by atoms with van der Waals surface area (Å²) in [5.74, 6) is -1.98. The Bertz CT molecular complexity index is 327. The van der Waals surface area contributed by atoms with Crippen LogP contribution in [0.15, 0.2) is 12.1 Å². The van der Waals surface area contributed by atoms with Gasteiger partial charge in [-0.15, -0.1) is 0 Å². The molecule has 0 saturated carbocycles. The maximum Gasteiger partial charge on any atom is 0.163 e. The Morgan fingerprint density at radius 2 is 2.14 bits per heavy atom. The van der Waals surface area contributed by atoms with Crippen molar-refractivity contribution in [3.8, 4) is 0 Å². The highest BCUT2D eigenvalue weighted by Gasteiger charge is 2.16. The highest BCUT2D eigenvalue weighted by Crippen LogP contribution is 2.22. The van der Waals surface area contributed by atoms with Gasteiger partial charge in [0.15, 0.2) is 11.6 Å². The van der Waals surface area contributed by atoms with E-state index in [4.69, 9.17) is 10.8 Å². The molecule has 3 nitrogen and oxygen atoms in total. The Balaban J connectivity index is 3.18. The smallest absolute Gasteiger partial charge is 0.163 e. The molecule has 1 rings (SSSR count). The van der Waals surface area contributed by atoms with Gasteiger partial charge in [-0.05, 0) is 19.2 Å². The van der Waals surface area contributed by atoms with Crippen molar-refractivity contribution in [2.75, 3.05) is 19.4 Å². The molecule has 78 valence electrons. The highest BCUT2D eigenvalue weighted by atomic mass is 19.2. The fourth-order valence-corrected chi connectivity index (χ4v) is 1.23. The van der Waals surface area contributed by atoms with Gasteiger partial charge in [0.2, 0.25) is 0 Å². The summed E-state index contributed by atoms with van der Waals surface area (Å²) in [6.45, 7) is -0.323. The number of benzene rings is 1. The van der Waals surface area contributed by atoms with Crippen LogP contribution in [0.2, 0.25) is 0 Å². The molecule has 0 aliphatic heterocycles. The number of rotatable bonds is 3. The first-order chi connectivity index (χ1) is 6.60. The molecule has 0 saturated heterocycles. The summed E-state index contributed by atoms with van der Waals surface area (Å²) < 4.78 is 26.1. The van der Waals surface area contributed by atoms with E-state index in [1.807, 2.05) is 0 Å². The van der Waals surface area contributed by atoms with Crippen LogP contribution in [-0.2, 0) is 0 Å². The van der Waals surface area contributed by atoms with E-state index in [2.05, 4.69) is 5.32 Å². The van der Waals surface area contributed by atoms with Crippen molar-refractivity contribution in [3.63, 3.8) is 0 Å². The van der Waals surface area contributed by atoms with Gasteiger partial charge in [-0.3, -0.25) is 0 Å². The van der Waals surface area contributed by atoms with Crippen molar-refractivity contribution in [1.29, 1.82) is 0 Å². The minimum Gasteiger partial charge on any atom is -0.399 e. The summed E-state index contributed by atoms with van der Waals surface area (Å²) >= 11 is 0. The van der Waals surface area contributed by atoms with Crippen molar-refractivity contribution < 1.29 is 13.9 Å². The summed E-state index contributed by atoms with van der Waals surface area (Å²) in [6, 6.07) is 1.56. The molecular weight excluding hydrogens is 190 g/mol. The van der Waals surface area contributed by atoms with Gasteiger partial charge in [0.1, 0.15) is 0 Å². The van der Waals surface area contributed by atoms with Crippen LogP contribution in [-0.4, -0.2) is 18.8 Å². The van der Waals surface area contributed by atoms with E-state index in [0.717, 1.165) is 6.07 Å². The monoisotopic (exact) mass is 202 g/mol. The number of anilines is 1. The molecule has 0 fully saturated rings. The van der Waals surface area contributed by atoms with Crippen molar-refractivity contribution in [2.24, 2.45) is 0 Å². The first kappa shape index (κ1) is 10.9. The van der Waals surface area contributed by atoms with Gasteiger partial charge < -0.3 is 16.2 Å². The average Bonchev–Trinajstić information content (AvgIpc) is 2.15. The molecule has 0 radical (unpaired) electrons. The Morgan fingerprint density at radius 1 is 1.50 bits per heavy atom. The minimum atomic E-state index is -1.01. The van der Waals surface area contributed by atoms with Gasteiger partial charge in [0.25, 0.3) is 0 Å². The summed E-state index contributed by atoms with van der Waals surface area (Å²) in [4.78, 5) is 0. The Hall–Kier alpha value is -1.20. The molecule has 1 aromatic rings. The average molecular weight is 202 g/mol. The fourth-order valence-electron chi connectivity index (χ4n) is 1.23. The number of likely N-dealkylation sites (N-methyl/N-ethyl adjacent to an activating group) is 1. The van der Waals surface area contributed by atoms with Crippen LogP contribution in [0.5, 0.6) is 0 Å². The number of aliphatic hydroxyl groups is 1. The van der Waals surface area contributed by atoms with Crippen LogP contribution in [0.1, 0.15) is 11.6 Å². The molecule has 5 heteroatoms. The van der Waals surface area contributed by atoms with E-state index in [1.165, 1.54) is 6.07 Å². The van der Waals surface area contributed by atoms with Crippen molar-refractivity contribution in [2.45, 2.75) is 6.04 Å². The molecule has 0 spiro atoms. The zero-order valence-corrected chi connectivity index (χ0v) is 7.72. The van der Waals surface area contributed by atoms with E-state index in [9.17, 15) is 8.78 Å². The van der Waals surface area contributed by atoms with Crippen molar-refractivity contribution in [1.82, 2.24) is 5.32 Å². The molecule has 1 aromatic carbocycles. The van der Waals surface area contributed by atoms with E-state index in [0.29, 0.717) is 0 Å². The van der Waals surface area contributed by atoms with Gasteiger partial charge >= 0.3 is 0 Å². The van der Waals surface area contributed by atoms with Crippen LogP contribution < -0.4 is 11.1 Å². The largest absolute Gasteiger partial charge is 0.399 e. The van der Waals surface area contributed by atoms with E-state index < -0.39 is 17.7 Å². The van der Waals surface area contributed by atoms with Gasteiger partial charge in [-0.1, -0.05) is 0 Å². The molecule has 0 aliphatic carbocycles. The number of aliphatic hydroxyl groups excluding tert-OH is 1. The fraction of sp³-hybridized carbons (Fsp3) is 0.333. The third kappa shape index (κ3) is 2.00. The maximum absolute atomic E-state index is 13.2. The second-order valence-electron chi connectivity index (χ2n) is 2.93. The van der Waals surface area contributed by atoms with Gasteiger partial charge in [-0.25, -0.2) is 8.78 Å². The van der Waals surface area contributed by atoms with E-state index in [-0.39, 0.29) is 17.9 Å². The zero-order valence-electron chi connectivity index (χ0n) is 7.72. The van der Waals surface area contributed by atoms with E-state index in [1.54, 1.807) is 7.05 Å². The summed E-state index contributed by atoms with van der Waals surface area (Å²) in [6.07, 6.45) is 0. The molecule has 0 aliphatic rings. The zero-order chi connectivity index (χ0) is 10.7. The lowest BCUT2D eigenvalue weighted by Crippen LogP contribution is -2.21. The lowest BCUT2D eigenvalue weighted by Gasteiger charge is -2.15. The molecule has 1 atom stereocenters.